The molecule has 4 aliphatic rings. The van der Waals surface area contributed by atoms with Gasteiger partial charge in [-0.2, -0.15) is 0 Å². The van der Waals surface area contributed by atoms with Crippen LogP contribution >= 0.6 is 15.9 Å². The summed E-state index contributed by atoms with van der Waals surface area (Å²) >= 11 is 3.65. The number of likely N-dealkylation sites (tertiary alicyclic amines) is 1. The molecule has 0 aromatic heterocycles. The van der Waals surface area contributed by atoms with Crippen molar-refractivity contribution in [3.05, 3.63) is 0 Å². The first-order valence-corrected chi connectivity index (χ1v) is 13.4. The Kier molecular flexibility index (Phi) is 7.41. The molecule has 8 nitrogen and oxygen atoms in total. The SMILES string of the molecule is CCOC(=O)[C@H]1[C@@H]2O[C@@]3(CC2Br)[C@@H]1C(=O)N([C@@H](CO)[C@@H](C)CC)[C@@H]3C(=O)NC1CCCCC1. The van der Waals surface area contributed by atoms with Crippen molar-refractivity contribution in [1.82, 2.24) is 10.2 Å². The molecule has 9 heteroatoms. The molecule has 0 aromatic carbocycles. The summed E-state index contributed by atoms with van der Waals surface area (Å²) < 4.78 is 11.8. The lowest BCUT2D eigenvalue weighted by Gasteiger charge is -2.39. The highest BCUT2D eigenvalue weighted by Gasteiger charge is 2.77. The zero-order valence-corrected chi connectivity index (χ0v) is 21.4. The fourth-order valence-corrected chi connectivity index (χ4v) is 7.52. The van der Waals surface area contributed by atoms with Gasteiger partial charge in [-0.1, -0.05) is 55.5 Å². The molecule has 186 valence electrons. The maximum absolute atomic E-state index is 14.0. The summed E-state index contributed by atoms with van der Waals surface area (Å²) in [5, 5.41) is 13.5. The molecule has 3 aliphatic heterocycles. The molecule has 2 bridgehead atoms. The highest BCUT2D eigenvalue weighted by molar-refractivity contribution is 9.09. The summed E-state index contributed by atoms with van der Waals surface area (Å²) in [6.45, 7) is 5.68. The molecule has 1 unspecified atom stereocenters. The number of halogens is 1. The third kappa shape index (κ3) is 4.01. The van der Waals surface area contributed by atoms with E-state index >= 15 is 0 Å². The van der Waals surface area contributed by atoms with Crippen LogP contribution in [0.5, 0.6) is 0 Å². The summed E-state index contributed by atoms with van der Waals surface area (Å²) in [4.78, 5) is 42.1. The maximum atomic E-state index is 14.0. The molecular weight excluding hydrogens is 492 g/mol. The van der Waals surface area contributed by atoms with E-state index in [-0.39, 0.29) is 41.8 Å². The topological polar surface area (TPSA) is 105 Å². The van der Waals surface area contributed by atoms with Crippen LogP contribution in [0.25, 0.3) is 0 Å². The average Bonchev–Trinajstić information content (AvgIpc) is 3.39. The normalized spacial score (nSPS) is 37.7. The van der Waals surface area contributed by atoms with Crippen molar-refractivity contribution in [3.63, 3.8) is 0 Å². The Morgan fingerprint density at radius 1 is 1.30 bits per heavy atom. The fraction of sp³-hybridized carbons (Fsp3) is 0.875. The second-order valence-electron chi connectivity index (χ2n) is 10.1. The lowest BCUT2D eigenvalue weighted by Crippen LogP contribution is -2.60. The van der Waals surface area contributed by atoms with E-state index in [1.165, 1.54) is 6.42 Å². The number of nitrogens with one attached hydrogen (secondary N) is 1. The number of aliphatic hydroxyl groups is 1. The monoisotopic (exact) mass is 528 g/mol. The lowest BCUT2D eigenvalue weighted by atomic mass is 9.70. The Bertz CT molecular complexity index is 774. The van der Waals surface area contributed by atoms with Gasteiger partial charge in [0.05, 0.1) is 37.2 Å². The van der Waals surface area contributed by atoms with Crippen molar-refractivity contribution in [3.8, 4) is 0 Å². The van der Waals surface area contributed by atoms with Crippen LogP contribution in [-0.2, 0) is 23.9 Å². The summed E-state index contributed by atoms with van der Waals surface area (Å²) in [6.07, 6.45) is 5.86. The van der Waals surface area contributed by atoms with E-state index in [0.29, 0.717) is 6.42 Å². The minimum Gasteiger partial charge on any atom is -0.466 e. The van der Waals surface area contributed by atoms with Crippen molar-refractivity contribution in [2.75, 3.05) is 13.2 Å². The lowest BCUT2D eigenvalue weighted by molar-refractivity contribution is -0.155. The van der Waals surface area contributed by atoms with Crippen LogP contribution in [0.2, 0.25) is 0 Å². The summed E-state index contributed by atoms with van der Waals surface area (Å²) in [7, 11) is 0. The van der Waals surface area contributed by atoms with E-state index in [2.05, 4.69) is 21.2 Å². The largest absolute Gasteiger partial charge is 0.466 e. The Balaban J connectivity index is 1.74. The molecule has 33 heavy (non-hydrogen) atoms. The van der Waals surface area contributed by atoms with Crippen LogP contribution in [0.15, 0.2) is 0 Å². The van der Waals surface area contributed by atoms with Crippen LogP contribution in [0.3, 0.4) is 0 Å². The molecule has 0 aromatic rings. The number of ether oxygens (including phenoxy) is 2. The third-order valence-electron chi connectivity index (χ3n) is 8.33. The Labute approximate surface area is 204 Å². The zero-order valence-electron chi connectivity index (χ0n) is 19.8. The smallest absolute Gasteiger partial charge is 0.312 e. The molecule has 1 saturated carbocycles. The third-order valence-corrected chi connectivity index (χ3v) is 9.18. The van der Waals surface area contributed by atoms with Crippen molar-refractivity contribution in [2.45, 2.75) is 100 Å². The maximum Gasteiger partial charge on any atom is 0.312 e. The Morgan fingerprint density at radius 2 is 2.00 bits per heavy atom. The van der Waals surface area contributed by atoms with Gasteiger partial charge in [-0.05, 0) is 32.1 Å². The number of aliphatic hydroxyl groups excluding tert-OH is 1. The minimum atomic E-state index is -1.10. The number of nitrogens with zero attached hydrogens (tertiary/aromatic N) is 1. The number of carbonyl (C=O) groups is 3. The van der Waals surface area contributed by atoms with E-state index in [0.717, 1.165) is 32.1 Å². The first-order valence-electron chi connectivity index (χ1n) is 12.5. The minimum absolute atomic E-state index is 0.0165. The predicted octanol–water partition coefficient (Wildman–Crippen LogP) is 2.15. The quantitative estimate of drug-likeness (QED) is 0.369. The second-order valence-corrected chi connectivity index (χ2v) is 11.3. The van der Waals surface area contributed by atoms with E-state index < -0.39 is 41.6 Å². The van der Waals surface area contributed by atoms with Crippen molar-refractivity contribution < 1.29 is 29.0 Å². The standard InChI is InChI=1S/C24H37BrN2O6/c1-4-13(3)16(12-28)27-20(21(29)26-14-9-7-6-8-10-14)24-11-15(25)19(33-24)17(18(24)22(27)30)23(31)32-5-2/h13-20,28H,4-12H2,1-3H3,(H,26,29)/t13-,15?,16-,17+,18-,19+,20+,24-/m0/s1. The number of esters is 1. The molecule has 4 fully saturated rings. The number of hydrogen-bond acceptors (Lipinski definition) is 6. The molecule has 2 N–H and O–H groups in total. The van der Waals surface area contributed by atoms with Gasteiger partial charge in [0.25, 0.3) is 0 Å². The van der Waals surface area contributed by atoms with E-state index in [9.17, 15) is 19.5 Å². The highest BCUT2D eigenvalue weighted by atomic mass is 79.9. The van der Waals surface area contributed by atoms with Gasteiger partial charge in [0.2, 0.25) is 11.8 Å². The van der Waals surface area contributed by atoms with Gasteiger partial charge < -0.3 is 24.8 Å². The van der Waals surface area contributed by atoms with E-state index in [1.54, 1.807) is 11.8 Å². The van der Waals surface area contributed by atoms with Crippen LogP contribution in [0, 0.1) is 17.8 Å². The number of fused-ring (bicyclic) bond motifs is 1. The molecule has 3 heterocycles. The van der Waals surface area contributed by atoms with Gasteiger partial charge in [-0.3, -0.25) is 14.4 Å². The van der Waals surface area contributed by atoms with Crippen LogP contribution in [-0.4, -0.2) is 75.7 Å². The van der Waals surface area contributed by atoms with Gasteiger partial charge >= 0.3 is 5.97 Å². The molecule has 4 rings (SSSR count). The highest BCUT2D eigenvalue weighted by Crippen LogP contribution is 2.60. The summed E-state index contributed by atoms with van der Waals surface area (Å²) in [5.74, 6) is -2.53. The van der Waals surface area contributed by atoms with Crippen LogP contribution < -0.4 is 5.32 Å². The van der Waals surface area contributed by atoms with Crippen molar-refractivity contribution in [2.24, 2.45) is 17.8 Å². The van der Waals surface area contributed by atoms with Crippen LogP contribution in [0.1, 0.15) is 65.7 Å². The fourth-order valence-electron chi connectivity index (χ4n) is 6.57. The van der Waals surface area contributed by atoms with Gasteiger partial charge in [0.15, 0.2) is 0 Å². The Hall–Kier alpha value is -1.19. The van der Waals surface area contributed by atoms with Gasteiger partial charge in [0, 0.05) is 10.9 Å². The van der Waals surface area contributed by atoms with Crippen molar-refractivity contribution >= 4 is 33.7 Å². The van der Waals surface area contributed by atoms with Crippen LogP contribution in [0.4, 0.5) is 0 Å². The predicted molar refractivity (Wildman–Crippen MR) is 125 cm³/mol. The number of hydrogen-bond donors (Lipinski definition) is 2. The number of alkyl halides is 1. The average molecular weight is 529 g/mol. The summed E-state index contributed by atoms with van der Waals surface area (Å²) in [6, 6.07) is -1.33. The van der Waals surface area contributed by atoms with Gasteiger partial charge in [0.1, 0.15) is 11.6 Å². The Morgan fingerprint density at radius 3 is 2.61 bits per heavy atom. The van der Waals surface area contributed by atoms with Gasteiger partial charge in [-0.15, -0.1) is 0 Å². The van der Waals surface area contributed by atoms with E-state index in [1.807, 2.05) is 13.8 Å². The number of carbonyl (C=O) groups excluding carboxylic acids is 3. The zero-order chi connectivity index (χ0) is 23.9. The second kappa shape index (κ2) is 9.82. The number of rotatable bonds is 8. The molecule has 1 spiro atoms. The first kappa shape index (κ1) is 24.9. The molecule has 8 atom stereocenters. The molecule has 3 saturated heterocycles. The molecule has 2 amide bonds. The molecule has 1 aliphatic carbocycles. The van der Waals surface area contributed by atoms with Crippen molar-refractivity contribution in [1.29, 1.82) is 0 Å². The number of amides is 2. The van der Waals surface area contributed by atoms with E-state index in [4.69, 9.17) is 9.47 Å². The van der Waals surface area contributed by atoms with Gasteiger partial charge in [-0.25, -0.2) is 0 Å². The summed E-state index contributed by atoms with van der Waals surface area (Å²) in [5.41, 5.74) is -1.10. The molecular formula is C24H37BrN2O6. The molecule has 0 radical (unpaired) electrons. The first-order chi connectivity index (χ1) is 15.8.